The Balaban J connectivity index is 1.82. The average Bonchev–Trinajstić information content (AvgIpc) is 2.78. The van der Waals surface area contributed by atoms with Crippen LogP contribution >= 0.6 is 0 Å². The van der Waals surface area contributed by atoms with Gasteiger partial charge in [0.15, 0.2) is 0 Å². The number of nitrogens with one attached hydrogen (secondary N) is 1. The lowest BCUT2D eigenvalue weighted by Gasteiger charge is -2.34. The van der Waals surface area contributed by atoms with Gasteiger partial charge < -0.3 is 15.1 Å². The summed E-state index contributed by atoms with van der Waals surface area (Å²) in [5.74, 6) is -0.704. The highest BCUT2D eigenvalue weighted by Crippen LogP contribution is 2.22. The van der Waals surface area contributed by atoms with Crippen LogP contribution in [0.4, 0.5) is 0 Å². The Morgan fingerprint density at radius 1 is 1.00 bits per heavy atom. The molecule has 3 amide bonds. The second-order valence-corrected chi connectivity index (χ2v) is 9.80. The largest absolute Gasteiger partial charge is 0.347 e. The number of nitrogens with zero attached hydrogens (tertiary/aromatic N) is 3. The van der Waals surface area contributed by atoms with E-state index in [1.54, 1.807) is 28.9 Å². The number of amides is 3. The summed E-state index contributed by atoms with van der Waals surface area (Å²) in [5.41, 5.74) is 1.57. The van der Waals surface area contributed by atoms with Crippen LogP contribution in [0.25, 0.3) is 0 Å². The van der Waals surface area contributed by atoms with E-state index in [2.05, 4.69) is 5.32 Å². The monoisotopic (exact) mass is 466 g/mol. The molecule has 1 saturated heterocycles. The number of likely N-dealkylation sites (N-methyl/N-ethyl adjacent to an activating group) is 1. The molecule has 1 aromatic rings. The van der Waals surface area contributed by atoms with Crippen molar-refractivity contribution in [1.29, 1.82) is 0 Å². The molecule has 0 bridgehead atoms. The van der Waals surface area contributed by atoms with E-state index in [1.807, 2.05) is 26.8 Å². The molecule has 1 aliphatic heterocycles. The second-order valence-electron chi connectivity index (χ2n) is 7.90. The molecule has 1 aromatic carbocycles. The van der Waals surface area contributed by atoms with Crippen molar-refractivity contribution >= 4 is 27.7 Å². The number of piperazine rings is 1. The van der Waals surface area contributed by atoms with Gasteiger partial charge in [0.1, 0.15) is 0 Å². The SMILES string of the molecule is CCN(CC)C(=O)CNC(=O)CCC(=O)N1CCN(S(=O)(=O)c2cc(C)ccc2C)CC1. The first-order valence-corrected chi connectivity index (χ1v) is 12.4. The van der Waals surface area contributed by atoms with Crippen LogP contribution in [0.5, 0.6) is 0 Å². The zero-order chi connectivity index (χ0) is 23.9. The van der Waals surface area contributed by atoms with E-state index in [0.29, 0.717) is 23.5 Å². The standard InChI is InChI=1S/C22H34N4O5S/c1-5-24(6-2)22(29)16-23-20(27)9-10-21(28)25-11-13-26(14-12-25)32(30,31)19-15-17(3)7-8-18(19)4/h7-8,15H,5-6,9-14,16H2,1-4H3,(H,23,27). The van der Waals surface area contributed by atoms with E-state index in [9.17, 15) is 22.8 Å². The molecule has 0 atom stereocenters. The molecule has 1 heterocycles. The van der Waals surface area contributed by atoms with E-state index in [-0.39, 0.29) is 63.3 Å². The molecule has 1 aliphatic rings. The fourth-order valence-electron chi connectivity index (χ4n) is 3.63. The van der Waals surface area contributed by atoms with Crippen LogP contribution in [-0.4, -0.2) is 86.1 Å². The van der Waals surface area contributed by atoms with Crippen molar-refractivity contribution in [3.05, 3.63) is 29.3 Å². The molecule has 1 fully saturated rings. The summed E-state index contributed by atoms with van der Waals surface area (Å²) < 4.78 is 27.4. The number of rotatable bonds is 9. The minimum atomic E-state index is -3.62. The average molecular weight is 467 g/mol. The lowest BCUT2D eigenvalue weighted by molar-refractivity contribution is -0.135. The van der Waals surface area contributed by atoms with Crippen LogP contribution in [0.3, 0.4) is 0 Å². The number of benzene rings is 1. The quantitative estimate of drug-likeness (QED) is 0.582. The first-order chi connectivity index (χ1) is 15.1. The van der Waals surface area contributed by atoms with E-state index in [4.69, 9.17) is 0 Å². The van der Waals surface area contributed by atoms with Gasteiger partial charge in [0.2, 0.25) is 27.7 Å². The van der Waals surface area contributed by atoms with Gasteiger partial charge in [-0.25, -0.2) is 8.42 Å². The van der Waals surface area contributed by atoms with Crippen LogP contribution in [0.2, 0.25) is 0 Å². The molecule has 2 rings (SSSR count). The molecule has 1 N–H and O–H groups in total. The van der Waals surface area contributed by atoms with Gasteiger partial charge in [-0.15, -0.1) is 0 Å². The maximum absolute atomic E-state index is 13.0. The lowest BCUT2D eigenvalue weighted by Crippen LogP contribution is -2.50. The van der Waals surface area contributed by atoms with Crippen molar-refractivity contribution in [3.63, 3.8) is 0 Å². The first kappa shape index (κ1) is 25.8. The Bertz CT molecular complexity index is 936. The normalized spacial score (nSPS) is 14.8. The van der Waals surface area contributed by atoms with Gasteiger partial charge in [-0.3, -0.25) is 14.4 Å². The van der Waals surface area contributed by atoms with Gasteiger partial charge in [0, 0.05) is 52.1 Å². The smallest absolute Gasteiger partial charge is 0.243 e. The number of carbonyl (C=O) groups is 3. The number of carbonyl (C=O) groups excluding carboxylic acids is 3. The van der Waals surface area contributed by atoms with Gasteiger partial charge in [-0.1, -0.05) is 12.1 Å². The Morgan fingerprint density at radius 2 is 1.62 bits per heavy atom. The Labute approximate surface area is 190 Å². The fourth-order valence-corrected chi connectivity index (χ4v) is 5.36. The Kier molecular flexibility index (Phi) is 9.21. The summed E-state index contributed by atoms with van der Waals surface area (Å²) in [4.78, 5) is 39.9. The molecule has 10 heteroatoms. The van der Waals surface area contributed by atoms with E-state index >= 15 is 0 Å². The predicted octanol–water partition coefficient (Wildman–Crippen LogP) is 0.901. The van der Waals surface area contributed by atoms with E-state index in [0.717, 1.165) is 5.56 Å². The van der Waals surface area contributed by atoms with Gasteiger partial charge in [0.25, 0.3) is 0 Å². The number of sulfonamides is 1. The number of hydrogen-bond donors (Lipinski definition) is 1. The van der Waals surface area contributed by atoms with Crippen molar-refractivity contribution in [3.8, 4) is 0 Å². The van der Waals surface area contributed by atoms with Crippen LogP contribution < -0.4 is 5.32 Å². The molecule has 32 heavy (non-hydrogen) atoms. The van der Waals surface area contributed by atoms with Crippen LogP contribution in [0.1, 0.15) is 37.8 Å². The summed E-state index contributed by atoms with van der Waals surface area (Å²) in [6.45, 7) is 9.43. The van der Waals surface area contributed by atoms with Crippen molar-refractivity contribution < 1.29 is 22.8 Å². The van der Waals surface area contributed by atoms with Crippen LogP contribution in [0.15, 0.2) is 23.1 Å². The maximum atomic E-state index is 13.0. The summed E-state index contributed by atoms with van der Waals surface area (Å²) >= 11 is 0. The molecule has 9 nitrogen and oxygen atoms in total. The minimum absolute atomic E-state index is 0.00857. The maximum Gasteiger partial charge on any atom is 0.243 e. The summed E-state index contributed by atoms with van der Waals surface area (Å²) in [5, 5.41) is 2.56. The van der Waals surface area contributed by atoms with Gasteiger partial charge in [0.05, 0.1) is 11.4 Å². The minimum Gasteiger partial charge on any atom is -0.347 e. The van der Waals surface area contributed by atoms with Gasteiger partial charge in [-0.2, -0.15) is 4.31 Å². The van der Waals surface area contributed by atoms with Crippen LogP contribution in [0, 0.1) is 13.8 Å². The van der Waals surface area contributed by atoms with Gasteiger partial charge in [-0.05, 0) is 44.9 Å². The Morgan fingerprint density at radius 3 is 2.22 bits per heavy atom. The number of aryl methyl sites for hydroxylation is 2. The molecular weight excluding hydrogens is 432 g/mol. The third-order valence-corrected chi connectivity index (χ3v) is 7.71. The molecule has 0 aliphatic carbocycles. The molecule has 0 radical (unpaired) electrons. The highest BCUT2D eigenvalue weighted by Gasteiger charge is 2.31. The topological polar surface area (TPSA) is 107 Å². The molecule has 178 valence electrons. The number of hydrogen-bond acceptors (Lipinski definition) is 5. The summed E-state index contributed by atoms with van der Waals surface area (Å²) in [6.07, 6.45) is 0.0143. The van der Waals surface area contributed by atoms with E-state index < -0.39 is 10.0 Å². The zero-order valence-electron chi connectivity index (χ0n) is 19.4. The molecule has 0 aromatic heterocycles. The third-order valence-electron chi connectivity index (χ3n) is 5.67. The van der Waals surface area contributed by atoms with Crippen molar-refractivity contribution in [1.82, 2.24) is 19.4 Å². The molecule has 0 unspecified atom stereocenters. The summed E-state index contributed by atoms with van der Waals surface area (Å²) in [6, 6.07) is 5.34. The first-order valence-electron chi connectivity index (χ1n) is 11.0. The second kappa shape index (κ2) is 11.4. The molecule has 0 saturated carbocycles. The fraction of sp³-hybridized carbons (Fsp3) is 0.591. The lowest BCUT2D eigenvalue weighted by atomic mass is 10.2. The van der Waals surface area contributed by atoms with Gasteiger partial charge >= 0.3 is 0 Å². The van der Waals surface area contributed by atoms with Crippen molar-refractivity contribution in [2.45, 2.75) is 45.4 Å². The molecular formula is C22H34N4O5S. The highest BCUT2D eigenvalue weighted by atomic mass is 32.2. The Hall–Kier alpha value is -2.46. The van der Waals surface area contributed by atoms with Crippen molar-refractivity contribution in [2.75, 3.05) is 45.8 Å². The molecule has 0 spiro atoms. The highest BCUT2D eigenvalue weighted by molar-refractivity contribution is 7.89. The van der Waals surface area contributed by atoms with E-state index in [1.165, 1.54) is 4.31 Å². The summed E-state index contributed by atoms with van der Waals surface area (Å²) in [7, 11) is -3.62. The third kappa shape index (κ3) is 6.52. The predicted molar refractivity (Wildman–Crippen MR) is 121 cm³/mol. The zero-order valence-corrected chi connectivity index (χ0v) is 20.2. The van der Waals surface area contributed by atoms with Crippen LogP contribution in [-0.2, 0) is 24.4 Å². The van der Waals surface area contributed by atoms with Crippen molar-refractivity contribution in [2.24, 2.45) is 0 Å².